The molecule has 22 heavy (non-hydrogen) atoms. The third-order valence-electron chi connectivity index (χ3n) is 3.39. The minimum absolute atomic E-state index is 0.123. The number of carbonyl (C=O) groups is 2. The lowest BCUT2D eigenvalue weighted by molar-refractivity contribution is -0.135. The van der Waals surface area contributed by atoms with E-state index in [0.29, 0.717) is 6.42 Å². The average Bonchev–Trinajstić information content (AvgIpc) is 2.52. The van der Waals surface area contributed by atoms with Crippen LogP contribution in [0.3, 0.4) is 0 Å². The van der Waals surface area contributed by atoms with Crippen molar-refractivity contribution in [3.8, 4) is 0 Å². The Bertz CT molecular complexity index is 675. The van der Waals surface area contributed by atoms with Crippen LogP contribution in [0.4, 0.5) is 0 Å². The summed E-state index contributed by atoms with van der Waals surface area (Å²) in [6.07, 6.45) is 1.21. The van der Waals surface area contributed by atoms with Crippen LogP contribution in [-0.4, -0.2) is 22.2 Å². The molecule has 0 aliphatic carbocycles. The molecule has 0 fully saturated rings. The van der Waals surface area contributed by atoms with Gasteiger partial charge >= 0.3 is 11.9 Å². The van der Waals surface area contributed by atoms with Crippen LogP contribution >= 0.6 is 0 Å². The minimum Gasteiger partial charge on any atom is -0.478 e. The molecule has 4 nitrogen and oxygen atoms in total. The highest BCUT2D eigenvalue weighted by Gasteiger charge is 2.23. The largest absolute Gasteiger partial charge is 0.478 e. The normalized spacial score (nSPS) is 12.6. The monoisotopic (exact) mass is 296 g/mol. The molecular formula is C18H16O4. The van der Waals surface area contributed by atoms with E-state index in [1.54, 1.807) is 0 Å². The summed E-state index contributed by atoms with van der Waals surface area (Å²) in [4.78, 5) is 22.5. The zero-order valence-electron chi connectivity index (χ0n) is 11.8. The van der Waals surface area contributed by atoms with Crippen molar-refractivity contribution in [2.75, 3.05) is 0 Å². The van der Waals surface area contributed by atoms with Gasteiger partial charge in [0.2, 0.25) is 0 Å². The van der Waals surface area contributed by atoms with Crippen molar-refractivity contribution in [3.63, 3.8) is 0 Å². The van der Waals surface area contributed by atoms with Gasteiger partial charge in [0.05, 0.1) is 5.57 Å². The van der Waals surface area contributed by atoms with Crippen LogP contribution in [0.5, 0.6) is 0 Å². The predicted molar refractivity (Wildman–Crippen MR) is 82.7 cm³/mol. The van der Waals surface area contributed by atoms with Crippen molar-refractivity contribution in [2.45, 2.75) is 12.3 Å². The van der Waals surface area contributed by atoms with Gasteiger partial charge in [-0.15, -0.1) is 0 Å². The lowest BCUT2D eigenvalue weighted by atomic mass is 9.85. The second-order valence-corrected chi connectivity index (χ2v) is 4.90. The van der Waals surface area contributed by atoms with Crippen molar-refractivity contribution < 1.29 is 19.8 Å². The molecule has 2 N–H and O–H groups in total. The van der Waals surface area contributed by atoms with Crippen molar-refractivity contribution in [3.05, 3.63) is 83.4 Å². The number of rotatable bonds is 6. The molecule has 0 spiro atoms. The second-order valence-electron chi connectivity index (χ2n) is 4.90. The first-order valence-corrected chi connectivity index (χ1v) is 6.84. The zero-order valence-corrected chi connectivity index (χ0v) is 11.8. The molecule has 0 aromatic heterocycles. The van der Waals surface area contributed by atoms with Crippen LogP contribution in [-0.2, 0) is 16.0 Å². The molecule has 4 heteroatoms. The number of carboxylic acid groups (broad SMARTS) is 2. The van der Waals surface area contributed by atoms with Gasteiger partial charge in [0.15, 0.2) is 0 Å². The van der Waals surface area contributed by atoms with Gasteiger partial charge < -0.3 is 10.2 Å². The van der Waals surface area contributed by atoms with E-state index in [1.165, 1.54) is 0 Å². The van der Waals surface area contributed by atoms with Crippen molar-refractivity contribution in [1.29, 1.82) is 0 Å². The molecule has 0 aliphatic heterocycles. The molecular weight excluding hydrogens is 280 g/mol. The van der Waals surface area contributed by atoms with Gasteiger partial charge in [-0.25, -0.2) is 9.59 Å². The van der Waals surface area contributed by atoms with Crippen molar-refractivity contribution >= 4 is 11.9 Å². The summed E-state index contributed by atoms with van der Waals surface area (Å²) in [7, 11) is 0. The highest BCUT2D eigenvalue weighted by molar-refractivity contribution is 5.96. The third-order valence-corrected chi connectivity index (χ3v) is 3.39. The van der Waals surface area contributed by atoms with Gasteiger partial charge in [0.25, 0.3) is 0 Å². The molecule has 0 saturated heterocycles. The van der Waals surface area contributed by atoms with E-state index in [2.05, 4.69) is 0 Å². The van der Waals surface area contributed by atoms with Crippen LogP contribution in [0.25, 0.3) is 0 Å². The molecule has 2 rings (SSSR count). The molecule has 0 bridgehead atoms. The topological polar surface area (TPSA) is 74.6 Å². The van der Waals surface area contributed by atoms with Crippen molar-refractivity contribution in [1.82, 2.24) is 0 Å². The SMILES string of the molecule is O=C(O)/C=C(/C(=O)O)C(Cc1ccccc1)c1ccccc1. The summed E-state index contributed by atoms with van der Waals surface area (Å²) in [5.74, 6) is -2.99. The summed E-state index contributed by atoms with van der Waals surface area (Å²) >= 11 is 0. The lowest BCUT2D eigenvalue weighted by Crippen LogP contribution is -2.15. The van der Waals surface area contributed by atoms with Crippen LogP contribution in [0.1, 0.15) is 17.0 Å². The fraction of sp³-hybridized carbons (Fsp3) is 0.111. The first-order chi connectivity index (χ1) is 10.6. The minimum atomic E-state index is -1.26. The Balaban J connectivity index is 2.45. The van der Waals surface area contributed by atoms with E-state index in [4.69, 9.17) is 5.11 Å². The zero-order chi connectivity index (χ0) is 15.9. The Morgan fingerprint density at radius 1 is 0.909 bits per heavy atom. The van der Waals surface area contributed by atoms with Gasteiger partial charge in [-0.3, -0.25) is 0 Å². The Hall–Kier alpha value is -2.88. The Morgan fingerprint density at radius 3 is 1.95 bits per heavy atom. The number of hydrogen-bond acceptors (Lipinski definition) is 2. The van der Waals surface area contributed by atoms with Crippen LogP contribution in [0.2, 0.25) is 0 Å². The van der Waals surface area contributed by atoms with Gasteiger partial charge in [-0.1, -0.05) is 60.7 Å². The molecule has 0 saturated carbocycles. The molecule has 1 unspecified atom stereocenters. The molecule has 2 aromatic rings. The summed E-state index contributed by atoms with van der Waals surface area (Å²) in [6.45, 7) is 0. The molecule has 2 aromatic carbocycles. The highest BCUT2D eigenvalue weighted by Crippen LogP contribution is 2.28. The molecule has 1 atom stereocenters. The average molecular weight is 296 g/mol. The molecule has 0 aliphatic rings. The smallest absolute Gasteiger partial charge is 0.332 e. The highest BCUT2D eigenvalue weighted by atomic mass is 16.4. The fourth-order valence-electron chi connectivity index (χ4n) is 2.39. The standard InChI is InChI=1S/C18H16O4/c19-17(20)12-16(18(21)22)15(14-9-5-2-6-10-14)11-13-7-3-1-4-8-13/h1-10,12,15H,11H2,(H,19,20)(H,21,22)/b16-12+. The molecule has 0 heterocycles. The van der Waals surface area contributed by atoms with E-state index < -0.39 is 17.9 Å². The summed E-state index contributed by atoms with van der Waals surface area (Å²) in [6, 6.07) is 18.5. The number of carboxylic acids is 2. The van der Waals surface area contributed by atoms with Gasteiger partial charge in [0.1, 0.15) is 0 Å². The third kappa shape index (κ3) is 4.06. The lowest BCUT2D eigenvalue weighted by Gasteiger charge is -2.18. The van der Waals surface area contributed by atoms with Gasteiger partial charge in [-0.05, 0) is 17.5 Å². The predicted octanol–water partition coefficient (Wildman–Crippen LogP) is 3.11. The fourth-order valence-corrected chi connectivity index (χ4v) is 2.39. The van der Waals surface area contributed by atoms with Crippen LogP contribution in [0, 0.1) is 0 Å². The van der Waals surface area contributed by atoms with E-state index in [0.717, 1.165) is 17.2 Å². The maximum atomic E-state index is 11.5. The van der Waals surface area contributed by atoms with Crippen LogP contribution < -0.4 is 0 Å². The molecule has 0 amide bonds. The van der Waals surface area contributed by atoms with Gasteiger partial charge in [-0.2, -0.15) is 0 Å². The molecule has 0 radical (unpaired) electrons. The van der Waals surface area contributed by atoms with Crippen LogP contribution in [0.15, 0.2) is 72.3 Å². The second kappa shape index (κ2) is 7.22. The Kier molecular flexibility index (Phi) is 5.09. The van der Waals surface area contributed by atoms with Crippen molar-refractivity contribution in [2.24, 2.45) is 0 Å². The maximum absolute atomic E-state index is 11.5. The number of aliphatic carboxylic acids is 2. The quantitative estimate of drug-likeness (QED) is 0.803. The van der Waals surface area contributed by atoms with E-state index in [9.17, 15) is 14.7 Å². The first-order valence-electron chi connectivity index (χ1n) is 6.84. The number of benzene rings is 2. The summed E-state index contributed by atoms with van der Waals surface area (Å²) in [5.41, 5.74) is 1.61. The maximum Gasteiger partial charge on any atom is 0.332 e. The first kappa shape index (κ1) is 15.5. The van der Waals surface area contributed by atoms with E-state index >= 15 is 0 Å². The van der Waals surface area contributed by atoms with E-state index in [-0.39, 0.29) is 5.57 Å². The summed E-state index contributed by atoms with van der Waals surface area (Å²) in [5, 5.41) is 18.4. The van der Waals surface area contributed by atoms with E-state index in [1.807, 2.05) is 60.7 Å². The van der Waals surface area contributed by atoms with Gasteiger partial charge in [0, 0.05) is 12.0 Å². The Morgan fingerprint density at radius 2 is 1.45 bits per heavy atom. The molecule has 112 valence electrons. The summed E-state index contributed by atoms with van der Waals surface area (Å²) < 4.78 is 0. The number of hydrogen-bond donors (Lipinski definition) is 2. The Labute approximate surface area is 128 Å².